The third-order valence-corrected chi connectivity index (χ3v) is 2.86. The molecule has 2 heterocycles. The number of aromatic nitrogens is 1. The van der Waals surface area contributed by atoms with Crippen LogP contribution in [0.1, 0.15) is 19.3 Å². The van der Waals surface area contributed by atoms with E-state index in [4.69, 9.17) is 9.47 Å². The largest absolute Gasteiger partial charge is 0.381 e. The number of halogens is 1. The zero-order chi connectivity index (χ0) is 12.6. The number of pyridine rings is 1. The minimum atomic E-state index is -0.460. The molecule has 1 aromatic heterocycles. The summed E-state index contributed by atoms with van der Waals surface area (Å²) in [6.45, 7) is 3.05. The van der Waals surface area contributed by atoms with Crippen LogP contribution in [-0.2, 0) is 9.47 Å². The summed E-state index contributed by atoms with van der Waals surface area (Å²) in [6.07, 6.45) is 3.19. The van der Waals surface area contributed by atoms with Crippen LogP contribution in [0.2, 0.25) is 0 Å². The summed E-state index contributed by atoms with van der Waals surface area (Å²) in [5.74, 6) is 0.111. The molecule has 0 aromatic carbocycles. The van der Waals surface area contributed by atoms with Gasteiger partial charge >= 0.3 is 0 Å². The van der Waals surface area contributed by atoms with Gasteiger partial charge in [-0.05, 0) is 31.4 Å². The second kappa shape index (κ2) is 7.28. The molecule has 0 saturated carbocycles. The minimum absolute atomic E-state index is 0.339. The molecule has 1 aliphatic rings. The van der Waals surface area contributed by atoms with Gasteiger partial charge in [-0.3, -0.25) is 0 Å². The van der Waals surface area contributed by atoms with Crippen LogP contribution in [0.5, 0.6) is 0 Å². The summed E-state index contributed by atoms with van der Waals surface area (Å²) in [5, 5.41) is 3.07. The Morgan fingerprint density at radius 3 is 3.00 bits per heavy atom. The molecule has 5 heteroatoms. The average molecular weight is 254 g/mol. The number of hydrogen-bond donors (Lipinski definition) is 1. The van der Waals surface area contributed by atoms with Crippen molar-refractivity contribution in [3.63, 3.8) is 0 Å². The van der Waals surface area contributed by atoms with Crippen molar-refractivity contribution in [2.75, 3.05) is 31.7 Å². The molecule has 0 spiro atoms. The van der Waals surface area contributed by atoms with Gasteiger partial charge in [0.05, 0.1) is 6.10 Å². The zero-order valence-electron chi connectivity index (χ0n) is 10.4. The van der Waals surface area contributed by atoms with Gasteiger partial charge in [-0.15, -0.1) is 0 Å². The van der Waals surface area contributed by atoms with Crippen LogP contribution >= 0.6 is 0 Å². The summed E-state index contributed by atoms with van der Waals surface area (Å²) in [5.41, 5.74) is 0. The van der Waals surface area contributed by atoms with Crippen LogP contribution in [0.3, 0.4) is 0 Å². The summed E-state index contributed by atoms with van der Waals surface area (Å²) in [7, 11) is 0. The molecule has 2 rings (SSSR count). The maximum absolute atomic E-state index is 12.8. The van der Waals surface area contributed by atoms with Gasteiger partial charge in [-0.2, -0.15) is 4.39 Å². The standard InChI is InChI=1S/C13H19FN2O2/c14-12-3-1-4-13(16-12)15-7-2-8-18-11-5-9-17-10-6-11/h1,3-4,11H,2,5-10H2,(H,15,16). The summed E-state index contributed by atoms with van der Waals surface area (Å²) in [6, 6.07) is 4.73. The van der Waals surface area contributed by atoms with Gasteiger partial charge in [-0.25, -0.2) is 4.98 Å². The maximum Gasteiger partial charge on any atom is 0.214 e. The van der Waals surface area contributed by atoms with E-state index >= 15 is 0 Å². The summed E-state index contributed by atoms with van der Waals surface area (Å²) < 4.78 is 23.8. The van der Waals surface area contributed by atoms with E-state index < -0.39 is 5.95 Å². The molecule has 1 N–H and O–H groups in total. The first-order valence-corrected chi connectivity index (χ1v) is 6.40. The molecule has 18 heavy (non-hydrogen) atoms. The predicted octanol–water partition coefficient (Wildman–Crippen LogP) is 2.22. The fraction of sp³-hybridized carbons (Fsp3) is 0.615. The number of hydrogen-bond acceptors (Lipinski definition) is 4. The van der Waals surface area contributed by atoms with Gasteiger partial charge in [0.15, 0.2) is 0 Å². The normalized spacial score (nSPS) is 16.7. The van der Waals surface area contributed by atoms with E-state index in [2.05, 4.69) is 10.3 Å². The second-order valence-electron chi connectivity index (χ2n) is 4.31. The molecule has 1 aliphatic heterocycles. The number of anilines is 1. The smallest absolute Gasteiger partial charge is 0.214 e. The van der Waals surface area contributed by atoms with Crippen LogP contribution in [0.4, 0.5) is 10.2 Å². The average Bonchev–Trinajstić information content (AvgIpc) is 2.40. The number of nitrogens with one attached hydrogen (secondary N) is 1. The van der Waals surface area contributed by atoms with Crippen molar-refractivity contribution in [2.24, 2.45) is 0 Å². The molecule has 1 aromatic rings. The highest BCUT2D eigenvalue weighted by Crippen LogP contribution is 2.10. The zero-order valence-corrected chi connectivity index (χ0v) is 10.4. The molecule has 0 amide bonds. The molecular formula is C13H19FN2O2. The van der Waals surface area contributed by atoms with Crippen molar-refractivity contribution in [1.29, 1.82) is 0 Å². The van der Waals surface area contributed by atoms with Crippen molar-refractivity contribution in [3.8, 4) is 0 Å². The molecule has 1 saturated heterocycles. The van der Waals surface area contributed by atoms with E-state index in [1.165, 1.54) is 6.07 Å². The Morgan fingerprint density at radius 1 is 1.39 bits per heavy atom. The van der Waals surface area contributed by atoms with Gasteiger partial charge in [0.25, 0.3) is 0 Å². The molecule has 0 radical (unpaired) electrons. The topological polar surface area (TPSA) is 43.4 Å². The summed E-state index contributed by atoms with van der Waals surface area (Å²) >= 11 is 0. The highest BCUT2D eigenvalue weighted by Gasteiger charge is 2.13. The Bertz CT molecular complexity index is 357. The Balaban J connectivity index is 1.55. The molecule has 0 bridgehead atoms. The van der Waals surface area contributed by atoms with Gasteiger partial charge in [0.1, 0.15) is 5.82 Å². The van der Waals surface area contributed by atoms with Crippen molar-refractivity contribution >= 4 is 5.82 Å². The van der Waals surface area contributed by atoms with Crippen molar-refractivity contribution in [1.82, 2.24) is 4.98 Å². The quantitative estimate of drug-likeness (QED) is 0.624. The fourth-order valence-corrected chi connectivity index (χ4v) is 1.89. The second-order valence-corrected chi connectivity index (χ2v) is 4.31. The lowest BCUT2D eigenvalue weighted by molar-refractivity contribution is -0.0316. The van der Waals surface area contributed by atoms with Crippen LogP contribution < -0.4 is 5.32 Å². The molecule has 0 aliphatic carbocycles. The molecule has 100 valence electrons. The number of ether oxygens (including phenoxy) is 2. The van der Waals surface area contributed by atoms with E-state index in [1.54, 1.807) is 12.1 Å². The van der Waals surface area contributed by atoms with E-state index in [-0.39, 0.29) is 0 Å². The van der Waals surface area contributed by atoms with E-state index in [1.807, 2.05) is 0 Å². The van der Waals surface area contributed by atoms with Gasteiger partial charge in [-0.1, -0.05) is 6.07 Å². The molecular weight excluding hydrogens is 235 g/mol. The first-order chi connectivity index (χ1) is 8.84. The lowest BCUT2D eigenvalue weighted by atomic mass is 10.1. The molecule has 4 nitrogen and oxygen atoms in total. The summed E-state index contributed by atoms with van der Waals surface area (Å²) in [4.78, 5) is 3.73. The van der Waals surface area contributed by atoms with Crippen molar-refractivity contribution < 1.29 is 13.9 Å². The van der Waals surface area contributed by atoms with Crippen LogP contribution in [0.25, 0.3) is 0 Å². The van der Waals surface area contributed by atoms with E-state index in [9.17, 15) is 4.39 Å². The third-order valence-electron chi connectivity index (χ3n) is 2.86. The minimum Gasteiger partial charge on any atom is -0.381 e. The number of nitrogens with zero attached hydrogens (tertiary/aromatic N) is 1. The monoisotopic (exact) mass is 254 g/mol. The first-order valence-electron chi connectivity index (χ1n) is 6.40. The lowest BCUT2D eigenvalue weighted by Crippen LogP contribution is -2.24. The Hall–Kier alpha value is -1.20. The highest BCUT2D eigenvalue weighted by atomic mass is 19.1. The van der Waals surface area contributed by atoms with E-state index in [0.717, 1.165) is 39.0 Å². The molecule has 1 fully saturated rings. The predicted molar refractivity (Wildman–Crippen MR) is 67.1 cm³/mol. The van der Waals surface area contributed by atoms with Crippen LogP contribution in [0, 0.1) is 5.95 Å². The Labute approximate surface area is 107 Å². The van der Waals surface area contributed by atoms with Gasteiger partial charge in [0, 0.05) is 26.4 Å². The number of rotatable bonds is 6. The van der Waals surface area contributed by atoms with Gasteiger partial charge < -0.3 is 14.8 Å². The van der Waals surface area contributed by atoms with E-state index in [0.29, 0.717) is 18.5 Å². The van der Waals surface area contributed by atoms with Crippen LogP contribution in [0.15, 0.2) is 18.2 Å². The first kappa shape index (κ1) is 13.2. The SMILES string of the molecule is Fc1cccc(NCCCOC2CCOCC2)n1. The highest BCUT2D eigenvalue weighted by molar-refractivity contribution is 5.33. The lowest BCUT2D eigenvalue weighted by Gasteiger charge is -2.22. The van der Waals surface area contributed by atoms with Crippen LogP contribution in [-0.4, -0.2) is 37.5 Å². The Kier molecular flexibility index (Phi) is 5.36. The Morgan fingerprint density at radius 2 is 2.22 bits per heavy atom. The third kappa shape index (κ3) is 4.58. The molecule has 0 unspecified atom stereocenters. The fourth-order valence-electron chi connectivity index (χ4n) is 1.89. The maximum atomic E-state index is 12.8. The van der Waals surface area contributed by atoms with Gasteiger partial charge in [0.2, 0.25) is 5.95 Å². The van der Waals surface area contributed by atoms with Crippen molar-refractivity contribution in [3.05, 3.63) is 24.1 Å². The van der Waals surface area contributed by atoms with Crippen molar-refractivity contribution in [2.45, 2.75) is 25.4 Å². The molecule has 0 atom stereocenters.